The summed E-state index contributed by atoms with van der Waals surface area (Å²) in [6.07, 6.45) is 1.60. The largest absolute Gasteiger partial charge is 0.365 e. The van der Waals surface area contributed by atoms with Gasteiger partial charge in [0.1, 0.15) is 11.9 Å². The predicted octanol–water partition coefficient (Wildman–Crippen LogP) is 2.69. The summed E-state index contributed by atoms with van der Waals surface area (Å²) >= 11 is 0. The van der Waals surface area contributed by atoms with Gasteiger partial charge in [-0.1, -0.05) is 12.1 Å². The van der Waals surface area contributed by atoms with Crippen molar-refractivity contribution in [2.75, 3.05) is 22.4 Å². The van der Waals surface area contributed by atoms with Crippen molar-refractivity contribution in [2.45, 2.75) is 6.54 Å². The fourth-order valence-corrected chi connectivity index (χ4v) is 3.22. The van der Waals surface area contributed by atoms with Gasteiger partial charge < -0.3 is 10.6 Å². The van der Waals surface area contributed by atoms with Crippen LogP contribution in [0.15, 0.2) is 66.9 Å². The van der Waals surface area contributed by atoms with Gasteiger partial charge in [0.25, 0.3) is 16.1 Å². The summed E-state index contributed by atoms with van der Waals surface area (Å²) in [5.41, 5.74) is 2.64. The molecular weight excluding hydrogens is 416 g/mol. The van der Waals surface area contributed by atoms with E-state index < -0.39 is 10.2 Å². The van der Waals surface area contributed by atoms with E-state index in [1.165, 1.54) is 7.05 Å². The molecule has 0 aliphatic heterocycles. The minimum atomic E-state index is -3.60. The van der Waals surface area contributed by atoms with Crippen molar-refractivity contribution < 1.29 is 13.2 Å². The lowest BCUT2D eigenvalue weighted by Crippen LogP contribution is -2.26. The molecule has 1 aromatic heterocycles. The zero-order chi connectivity index (χ0) is 22.3. The van der Waals surface area contributed by atoms with Gasteiger partial charge in [-0.2, -0.15) is 13.7 Å². The van der Waals surface area contributed by atoms with E-state index >= 15 is 0 Å². The highest BCUT2D eigenvalue weighted by molar-refractivity contribution is 7.90. The molecule has 0 bridgehead atoms. The molecule has 10 heteroatoms. The number of nitrogens with zero attached hydrogens (tertiary/aromatic N) is 2. The van der Waals surface area contributed by atoms with Crippen LogP contribution in [0.2, 0.25) is 0 Å². The monoisotopic (exact) mass is 436 g/mol. The number of amides is 1. The molecule has 1 heterocycles. The average Bonchev–Trinajstić information content (AvgIpc) is 2.79. The summed E-state index contributed by atoms with van der Waals surface area (Å²) in [5.74, 6) is 0.176. The molecule has 0 aliphatic carbocycles. The Morgan fingerprint density at radius 2 is 1.81 bits per heavy atom. The van der Waals surface area contributed by atoms with Gasteiger partial charge in [0.15, 0.2) is 0 Å². The number of hydrogen-bond acceptors (Lipinski definition) is 6. The minimum absolute atomic E-state index is 0.305. The van der Waals surface area contributed by atoms with E-state index in [-0.39, 0.29) is 5.91 Å². The third-order valence-corrected chi connectivity index (χ3v) is 5.28. The van der Waals surface area contributed by atoms with Crippen molar-refractivity contribution in [3.8, 4) is 6.07 Å². The van der Waals surface area contributed by atoms with Crippen molar-refractivity contribution in [1.29, 1.82) is 5.26 Å². The topological polar surface area (TPSA) is 136 Å². The molecule has 3 rings (SSSR count). The molecule has 0 saturated heterocycles. The first-order valence-electron chi connectivity index (χ1n) is 9.21. The number of nitrogens with one attached hydrogen (secondary N) is 4. The highest BCUT2D eigenvalue weighted by Crippen LogP contribution is 2.17. The third-order valence-electron chi connectivity index (χ3n) is 4.24. The second kappa shape index (κ2) is 9.71. The molecule has 0 saturated carbocycles. The number of benzene rings is 2. The molecule has 0 unspecified atom stereocenters. The summed E-state index contributed by atoms with van der Waals surface area (Å²) in [7, 11) is -2.30. The molecule has 4 N–H and O–H groups in total. The summed E-state index contributed by atoms with van der Waals surface area (Å²) < 4.78 is 27.5. The SMILES string of the molecule is CNS(=O)(=O)Nc1ccc(NC(=O)c2cccc(CNc3ncccc3C#N)c2)cc1. The fraction of sp³-hybridized carbons (Fsp3) is 0.0952. The first kappa shape index (κ1) is 21.8. The van der Waals surface area contributed by atoms with E-state index in [9.17, 15) is 13.2 Å². The number of rotatable bonds is 8. The maximum absolute atomic E-state index is 12.6. The van der Waals surface area contributed by atoms with Crippen molar-refractivity contribution >= 4 is 33.3 Å². The van der Waals surface area contributed by atoms with Gasteiger partial charge in [0.05, 0.1) is 5.56 Å². The Morgan fingerprint density at radius 3 is 2.52 bits per heavy atom. The first-order chi connectivity index (χ1) is 14.9. The molecule has 158 valence electrons. The van der Waals surface area contributed by atoms with Crippen LogP contribution in [0, 0.1) is 11.3 Å². The van der Waals surface area contributed by atoms with Gasteiger partial charge >= 0.3 is 0 Å². The molecule has 0 spiro atoms. The standard InChI is InChI=1S/C21H20N6O3S/c1-23-31(29,30)27-19-9-7-18(8-10-19)26-21(28)16-5-2-4-15(12-16)14-25-20-17(13-22)6-3-11-24-20/h2-12,23,27H,14H2,1H3,(H,24,25)(H,26,28). The molecule has 0 fully saturated rings. The summed E-state index contributed by atoms with van der Waals surface area (Å²) in [6.45, 7) is 0.396. The molecule has 0 aliphatic rings. The smallest absolute Gasteiger partial charge is 0.298 e. The Kier molecular flexibility index (Phi) is 6.81. The van der Waals surface area contributed by atoms with E-state index in [4.69, 9.17) is 5.26 Å². The zero-order valence-electron chi connectivity index (χ0n) is 16.6. The maximum Gasteiger partial charge on any atom is 0.298 e. The molecule has 9 nitrogen and oxygen atoms in total. The van der Waals surface area contributed by atoms with E-state index in [1.807, 2.05) is 6.07 Å². The van der Waals surface area contributed by atoms with Gasteiger partial charge in [-0.05, 0) is 54.1 Å². The van der Waals surface area contributed by atoms with Crippen molar-refractivity contribution in [1.82, 2.24) is 9.71 Å². The lowest BCUT2D eigenvalue weighted by Gasteiger charge is -2.10. The van der Waals surface area contributed by atoms with Gasteiger partial charge in [0, 0.05) is 36.7 Å². The lowest BCUT2D eigenvalue weighted by molar-refractivity contribution is 0.102. The molecular formula is C21H20N6O3S. The summed E-state index contributed by atoms with van der Waals surface area (Å²) in [5, 5.41) is 15.0. The normalized spacial score (nSPS) is 10.7. The zero-order valence-corrected chi connectivity index (χ0v) is 17.4. The quantitative estimate of drug-likeness (QED) is 0.429. The first-order valence-corrected chi connectivity index (χ1v) is 10.7. The Balaban J connectivity index is 1.64. The van der Waals surface area contributed by atoms with Crippen molar-refractivity contribution in [3.05, 3.63) is 83.6 Å². The number of nitriles is 1. The van der Waals surface area contributed by atoms with Gasteiger partial charge in [-0.15, -0.1) is 0 Å². The Bertz CT molecular complexity index is 1220. The number of anilines is 3. The highest BCUT2D eigenvalue weighted by atomic mass is 32.2. The summed E-state index contributed by atoms with van der Waals surface area (Å²) in [4.78, 5) is 16.7. The lowest BCUT2D eigenvalue weighted by atomic mass is 10.1. The van der Waals surface area contributed by atoms with Crippen molar-refractivity contribution in [3.63, 3.8) is 0 Å². The third kappa shape index (κ3) is 6.02. The minimum Gasteiger partial charge on any atom is -0.365 e. The van der Waals surface area contributed by atoms with Gasteiger partial charge in [0.2, 0.25) is 0 Å². The molecule has 0 radical (unpaired) electrons. The van der Waals surface area contributed by atoms with Crippen LogP contribution in [0.3, 0.4) is 0 Å². The van der Waals surface area contributed by atoms with Gasteiger partial charge in [-0.3, -0.25) is 9.52 Å². The molecule has 1 amide bonds. The Morgan fingerprint density at radius 1 is 1.06 bits per heavy atom. The van der Waals surface area contributed by atoms with E-state index in [0.29, 0.717) is 34.9 Å². The molecule has 2 aromatic carbocycles. The van der Waals surface area contributed by atoms with Crippen molar-refractivity contribution in [2.24, 2.45) is 0 Å². The number of carbonyl (C=O) groups is 1. The van der Waals surface area contributed by atoms with Crippen LogP contribution in [0.4, 0.5) is 17.2 Å². The van der Waals surface area contributed by atoms with Crippen LogP contribution in [-0.2, 0) is 16.8 Å². The number of hydrogen-bond donors (Lipinski definition) is 4. The molecule has 31 heavy (non-hydrogen) atoms. The summed E-state index contributed by atoms with van der Waals surface area (Å²) in [6, 6.07) is 18.8. The molecule has 0 atom stereocenters. The fourth-order valence-electron chi connectivity index (χ4n) is 2.68. The second-order valence-corrected chi connectivity index (χ2v) is 8.03. The van der Waals surface area contributed by atoms with Crippen LogP contribution in [0.5, 0.6) is 0 Å². The van der Waals surface area contributed by atoms with Crippen LogP contribution < -0.4 is 20.1 Å². The van der Waals surface area contributed by atoms with E-state index in [2.05, 4.69) is 31.1 Å². The second-order valence-electron chi connectivity index (χ2n) is 6.41. The average molecular weight is 436 g/mol. The van der Waals surface area contributed by atoms with E-state index in [1.54, 1.807) is 60.8 Å². The number of pyridine rings is 1. The maximum atomic E-state index is 12.6. The van der Waals surface area contributed by atoms with Crippen LogP contribution >= 0.6 is 0 Å². The molecule has 3 aromatic rings. The Labute approximate surface area is 180 Å². The van der Waals surface area contributed by atoms with Crippen LogP contribution in [0.1, 0.15) is 21.5 Å². The number of carbonyl (C=O) groups excluding carboxylic acids is 1. The highest BCUT2D eigenvalue weighted by Gasteiger charge is 2.09. The van der Waals surface area contributed by atoms with Crippen LogP contribution in [0.25, 0.3) is 0 Å². The Hall–Kier alpha value is -3.94. The van der Waals surface area contributed by atoms with Gasteiger partial charge in [-0.25, -0.2) is 9.71 Å². The predicted molar refractivity (Wildman–Crippen MR) is 119 cm³/mol. The van der Waals surface area contributed by atoms with E-state index in [0.717, 1.165) is 5.56 Å². The van der Waals surface area contributed by atoms with Crippen LogP contribution in [-0.4, -0.2) is 26.4 Å². The number of aromatic nitrogens is 1.